The summed E-state index contributed by atoms with van der Waals surface area (Å²) in [7, 11) is 0. The fraction of sp³-hybridized carbons (Fsp3) is 0.524. The maximum absolute atomic E-state index is 13.1. The number of rotatable bonds is 20. The van der Waals surface area contributed by atoms with Crippen LogP contribution in [0.5, 0.6) is 0 Å². The lowest BCUT2D eigenvalue weighted by Gasteiger charge is -2.40. The number of hydrogen-bond donors (Lipinski definition) is 3. The molecule has 4 aromatic carbocycles. The zero-order valence-electron chi connectivity index (χ0n) is 29.0. The summed E-state index contributed by atoms with van der Waals surface area (Å²) in [5.41, 5.74) is 0.896. The van der Waals surface area contributed by atoms with E-state index >= 15 is 0 Å². The number of allylic oxidation sites excluding steroid dienone is 1. The molecule has 0 unspecified atom stereocenters. The Kier molecular flexibility index (Phi) is 14.0. The van der Waals surface area contributed by atoms with Crippen molar-refractivity contribution >= 4 is 50.1 Å². The first-order chi connectivity index (χ1) is 23.9. The highest BCUT2D eigenvalue weighted by molar-refractivity contribution is 6.24. The van der Waals surface area contributed by atoms with Crippen LogP contribution in [0.25, 0.3) is 38.4 Å². The summed E-state index contributed by atoms with van der Waals surface area (Å²) in [4.78, 5) is 25.4. The van der Waals surface area contributed by atoms with Crippen LogP contribution in [0.1, 0.15) is 109 Å². The molecule has 7 heteroatoms. The van der Waals surface area contributed by atoms with Crippen molar-refractivity contribution in [1.29, 1.82) is 0 Å². The smallest absolute Gasteiger partial charge is 0.305 e. The summed E-state index contributed by atoms with van der Waals surface area (Å²) in [5.74, 6) is -0.681. The Hall–Kier alpha value is -3.36. The molecule has 1 heterocycles. The summed E-state index contributed by atoms with van der Waals surface area (Å²) in [6, 6.07) is 18.7. The molecule has 0 bridgehead atoms. The molecule has 7 nitrogen and oxygen atoms in total. The lowest BCUT2D eigenvalue weighted by atomic mass is 9.91. The lowest BCUT2D eigenvalue weighted by molar-refractivity contribution is -0.232. The van der Waals surface area contributed by atoms with E-state index in [9.17, 15) is 24.9 Å². The molecule has 5 rings (SSSR count). The van der Waals surface area contributed by atoms with E-state index in [4.69, 9.17) is 9.47 Å². The quantitative estimate of drug-likeness (QED) is 0.0374. The van der Waals surface area contributed by atoms with Gasteiger partial charge < -0.3 is 24.8 Å². The van der Waals surface area contributed by atoms with Gasteiger partial charge in [-0.15, -0.1) is 0 Å². The standard InChI is InChI=1S/C42H54O7/c1-2-3-4-5-6-7-8-9-10-11-12-13-14-18-37(44)48-28-36-41(46)42(47)40(45)35(49-36)27-33(43)25-23-29-19-20-32-22-21-30-16-15-17-31-24-26-34(29)39(32)38(30)31/h15-17,19-26,35-36,40-42,45-47H,2-14,18,27-28H2,1H3/b25-23+/t35-,36+,40-,41+,42+/m0/s1. The van der Waals surface area contributed by atoms with Gasteiger partial charge in [-0.25, -0.2) is 0 Å². The molecular weight excluding hydrogens is 616 g/mol. The molecule has 1 aliphatic rings. The largest absolute Gasteiger partial charge is 0.463 e. The van der Waals surface area contributed by atoms with Crippen LogP contribution in [0.15, 0.2) is 60.7 Å². The van der Waals surface area contributed by atoms with Gasteiger partial charge in [-0.2, -0.15) is 0 Å². The maximum Gasteiger partial charge on any atom is 0.305 e. The fourth-order valence-corrected chi connectivity index (χ4v) is 7.22. The summed E-state index contributed by atoms with van der Waals surface area (Å²) in [5, 5.41) is 38.5. The van der Waals surface area contributed by atoms with E-state index in [2.05, 4.69) is 55.5 Å². The Morgan fingerprint density at radius 2 is 1.22 bits per heavy atom. The number of carbonyl (C=O) groups is 2. The van der Waals surface area contributed by atoms with E-state index in [0.29, 0.717) is 0 Å². The number of ether oxygens (including phenoxy) is 2. The average molecular weight is 671 g/mol. The van der Waals surface area contributed by atoms with Crippen LogP contribution in [0, 0.1) is 0 Å². The van der Waals surface area contributed by atoms with Crippen molar-refractivity contribution in [3.8, 4) is 0 Å². The minimum absolute atomic E-state index is 0.198. The highest BCUT2D eigenvalue weighted by Gasteiger charge is 2.44. The van der Waals surface area contributed by atoms with Crippen LogP contribution in [0.3, 0.4) is 0 Å². The molecule has 4 aromatic rings. The number of benzene rings is 4. The Balaban J connectivity index is 1.04. The maximum atomic E-state index is 13.1. The van der Waals surface area contributed by atoms with Crippen molar-refractivity contribution in [2.75, 3.05) is 6.61 Å². The summed E-state index contributed by atoms with van der Waals surface area (Å²) >= 11 is 0. The van der Waals surface area contributed by atoms with Gasteiger partial charge in [-0.05, 0) is 50.4 Å². The van der Waals surface area contributed by atoms with Gasteiger partial charge in [0, 0.05) is 12.8 Å². The average Bonchev–Trinajstić information content (AvgIpc) is 3.11. The molecular formula is C42H54O7. The lowest BCUT2D eigenvalue weighted by Crippen LogP contribution is -2.59. The molecule has 1 fully saturated rings. The Morgan fingerprint density at radius 3 is 1.88 bits per heavy atom. The predicted octanol–water partition coefficient (Wildman–Crippen LogP) is 8.43. The second kappa shape index (κ2) is 18.6. The number of aliphatic hydroxyl groups excluding tert-OH is 3. The SMILES string of the molecule is CCCCCCCCCCCCCCCC(=O)OC[C@H]1O[C@@H](CC(=O)/C=C/c2ccc3ccc4cccc5ccc2c3c45)[C@H](O)[C@@H](O)[C@@H]1O. The van der Waals surface area contributed by atoms with Gasteiger partial charge in [0.25, 0.3) is 0 Å². The topological polar surface area (TPSA) is 113 Å². The molecule has 0 aliphatic carbocycles. The summed E-state index contributed by atoms with van der Waals surface area (Å²) < 4.78 is 11.2. The van der Waals surface area contributed by atoms with Gasteiger partial charge >= 0.3 is 5.97 Å². The van der Waals surface area contributed by atoms with Crippen molar-refractivity contribution in [3.05, 3.63) is 66.2 Å². The van der Waals surface area contributed by atoms with Crippen molar-refractivity contribution in [2.24, 2.45) is 0 Å². The van der Waals surface area contributed by atoms with Crippen molar-refractivity contribution < 1.29 is 34.4 Å². The molecule has 0 spiro atoms. The van der Waals surface area contributed by atoms with E-state index in [1.165, 1.54) is 75.7 Å². The number of unbranched alkanes of at least 4 members (excludes halogenated alkanes) is 12. The van der Waals surface area contributed by atoms with Crippen LogP contribution < -0.4 is 0 Å². The Labute approximate surface area is 290 Å². The second-order valence-corrected chi connectivity index (χ2v) is 13.9. The first kappa shape index (κ1) is 36.9. The van der Waals surface area contributed by atoms with Gasteiger partial charge in [0.05, 0.1) is 6.10 Å². The minimum Gasteiger partial charge on any atom is -0.463 e. The van der Waals surface area contributed by atoms with Gasteiger partial charge in [-0.1, -0.05) is 145 Å². The van der Waals surface area contributed by atoms with Crippen LogP contribution >= 0.6 is 0 Å². The number of aliphatic hydroxyl groups is 3. The van der Waals surface area contributed by atoms with Crippen molar-refractivity contribution in [1.82, 2.24) is 0 Å². The van der Waals surface area contributed by atoms with Gasteiger partial charge in [0.2, 0.25) is 0 Å². The Bertz CT molecular complexity index is 1650. The van der Waals surface area contributed by atoms with E-state index in [-0.39, 0.29) is 31.2 Å². The molecule has 1 saturated heterocycles. The van der Waals surface area contributed by atoms with E-state index in [1.807, 2.05) is 6.07 Å². The van der Waals surface area contributed by atoms with Crippen LogP contribution in [-0.4, -0.2) is 64.2 Å². The van der Waals surface area contributed by atoms with E-state index in [0.717, 1.165) is 51.8 Å². The third kappa shape index (κ3) is 9.88. The zero-order chi connectivity index (χ0) is 34.6. The van der Waals surface area contributed by atoms with Crippen molar-refractivity contribution in [3.63, 3.8) is 0 Å². The highest BCUT2D eigenvalue weighted by Crippen LogP contribution is 2.36. The van der Waals surface area contributed by atoms with Crippen LogP contribution in [0.4, 0.5) is 0 Å². The fourth-order valence-electron chi connectivity index (χ4n) is 7.22. The molecule has 0 saturated carbocycles. The number of carbonyl (C=O) groups excluding carboxylic acids is 2. The van der Waals surface area contributed by atoms with Crippen LogP contribution in [0.2, 0.25) is 0 Å². The number of hydrogen-bond acceptors (Lipinski definition) is 7. The summed E-state index contributed by atoms with van der Waals surface area (Å²) in [6.45, 7) is 1.99. The first-order valence-electron chi connectivity index (χ1n) is 18.6. The normalized spacial score (nSPS) is 21.3. The molecule has 3 N–H and O–H groups in total. The van der Waals surface area contributed by atoms with Crippen LogP contribution in [-0.2, 0) is 19.1 Å². The van der Waals surface area contributed by atoms with Crippen molar-refractivity contribution in [2.45, 2.75) is 134 Å². The van der Waals surface area contributed by atoms with E-state index in [1.54, 1.807) is 6.08 Å². The van der Waals surface area contributed by atoms with Gasteiger partial charge in [0.1, 0.15) is 31.0 Å². The first-order valence-corrected chi connectivity index (χ1v) is 18.6. The third-order valence-corrected chi connectivity index (χ3v) is 10.1. The second-order valence-electron chi connectivity index (χ2n) is 13.9. The minimum atomic E-state index is -1.53. The van der Waals surface area contributed by atoms with E-state index < -0.39 is 30.5 Å². The predicted molar refractivity (Wildman–Crippen MR) is 197 cm³/mol. The molecule has 5 atom stereocenters. The molecule has 0 radical (unpaired) electrons. The molecule has 49 heavy (non-hydrogen) atoms. The molecule has 264 valence electrons. The third-order valence-electron chi connectivity index (χ3n) is 10.1. The number of esters is 1. The highest BCUT2D eigenvalue weighted by atomic mass is 16.6. The number of ketones is 1. The van der Waals surface area contributed by atoms with Gasteiger partial charge in [0.15, 0.2) is 5.78 Å². The molecule has 1 aliphatic heterocycles. The zero-order valence-corrected chi connectivity index (χ0v) is 29.0. The van der Waals surface area contributed by atoms with Gasteiger partial charge in [-0.3, -0.25) is 9.59 Å². The summed E-state index contributed by atoms with van der Waals surface area (Å²) in [6.07, 6.45) is 12.6. The molecule has 0 amide bonds. The Morgan fingerprint density at radius 1 is 0.673 bits per heavy atom. The molecule has 0 aromatic heterocycles. The monoisotopic (exact) mass is 670 g/mol.